The minimum atomic E-state index is -0.889. The van der Waals surface area contributed by atoms with Gasteiger partial charge in [0, 0.05) is 38.0 Å². The van der Waals surface area contributed by atoms with E-state index in [-0.39, 0.29) is 20.3 Å². The van der Waals surface area contributed by atoms with Gasteiger partial charge in [-0.05, 0) is 44.0 Å². The van der Waals surface area contributed by atoms with Gasteiger partial charge in [0.1, 0.15) is 0 Å². The number of nitrogens with one attached hydrogen (secondary N) is 1. The number of aromatic carboxylic acids is 1. The zero-order valence-corrected chi connectivity index (χ0v) is 15.0. The molecule has 2 aromatic rings. The number of hydrogen-bond donors (Lipinski definition) is 2. The molecule has 1 aromatic carbocycles. The number of piperidine rings is 3. The largest absolute Gasteiger partial charge is 1.00 e. The second kappa shape index (κ2) is 7.51. The van der Waals surface area contributed by atoms with Gasteiger partial charge in [0.2, 0.25) is 0 Å². The number of fused-ring (bicyclic) bond motifs is 4. The van der Waals surface area contributed by atoms with Crippen LogP contribution in [0.4, 0.5) is 0 Å². The van der Waals surface area contributed by atoms with Gasteiger partial charge in [0.05, 0.1) is 16.8 Å². The number of hydrogen-bond acceptors (Lipinski definition) is 4. The Morgan fingerprint density at radius 2 is 2.16 bits per heavy atom. The van der Waals surface area contributed by atoms with Crippen LogP contribution in [0.3, 0.4) is 0 Å². The summed E-state index contributed by atoms with van der Waals surface area (Å²) in [5, 5.41) is 18.5. The van der Waals surface area contributed by atoms with Crippen LogP contribution >= 0.6 is 0 Å². The Morgan fingerprint density at radius 1 is 1.40 bits per heavy atom. The van der Waals surface area contributed by atoms with Crippen LogP contribution in [-0.4, -0.2) is 58.0 Å². The summed E-state index contributed by atoms with van der Waals surface area (Å²) < 4.78 is 1.78. The second-order valence-corrected chi connectivity index (χ2v) is 7.02. The van der Waals surface area contributed by atoms with E-state index < -0.39 is 5.97 Å². The summed E-state index contributed by atoms with van der Waals surface area (Å²) in [5.41, 5.74) is 2.10. The first kappa shape index (κ1) is 18.5. The normalized spacial score (nSPS) is 25.1. The Hall–Kier alpha value is -1.32. The van der Waals surface area contributed by atoms with Crippen molar-refractivity contribution in [1.82, 2.24) is 20.0 Å². The molecule has 0 saturated carbocycles. The molecule has 1 unspecified atom stereocenters. The van der Waals surface area contributed by atoms with E-state index in [4.69, 9.17) is 0 Å². The first-order valence-corrected chi connectivity index (χ1v) is 8.77. The number of carboxylic acids is 1. The van der Waals surface area contributed by atoms with Gasteiger partial charge in [-0.1, -0.05) is 6.07 Å². The van der Waals surface area contributed by atoms with Crippen molar-refractivity contribution in [1.29, 1.82) is 0 Å². The first-order chi connectivity index (χ1) is 11.6. The Kier molecular flexibility index (Phi) is 5.55. The molecular formula is C18H25LiN4O2. The molecule has 4 heterocycles. The fraction of sp³-hybridized carbons (Fsp3) is 0.556. The predicted molar refractivity (Wildman–Crippen MR) is 93.4 cm³/mol. The number of aromatic nitrogens is 2. The Labute approximate surface area is 161 Å². The van der Waals surface area contributed by atoms with Crippen LogP contribution in [-0.2, 0) is 13.5 Å². The van der Waals surface area contributed by atoms with Gasteiger partial charge in [-0.25, -0.2) is 4.79 Å². The maximum atomic E-state index is 11.5. The molecule has 5 rings (SSSR count). The molecule has 0 aliphatic carbocycles. The third-order valence-electron chi connectivity index (χ3n) is 5.61. The number of carbonyl (C=O) groups is 1. The van der Waals surface area contributed by atoms with Crippen LogP contribution in [0.15, 0.2) is 18.2 Å². The molecule has 1 atom stereocenters. The summed E-state index contributed by atoms with van der Waals surface area (Å²) in [7, 11) is 1.87. The molecule has 130 valence electrons. The third-order valence-corrected chi connectivity index (χ3v) is 5.61. The molecule has 3 aliphatic rings. The summed E-state index contributed by atoms with van der Waals surface area (Å²) in [6.07, 6.45) is 3.35. The van der Waals surface area contributed by atoms with E-state index in [0.29, 0.717) is 11.6 Å². The van der Waals surface area contributed by atoms with E-state index in [2.05, 4.69) is 15.3 Å². The Morgan fingerprint density at radius 3 is 2.80 bits per heavy atom. The molecule has 6 nitrogen and oxygen atoms in total. The SMILES string of the molecule is Cn1nc(CCNC2CN3CCC2CC3)c2c(C(=O)O)cccc21.[H-].[Li+]. The summed E-state index contributed by atoms with van der Waals surface area (Å²) in [5.74, 6) is -0.0924. The van der Waals surface area contributed by atoms with E-state index in [1.165, 1.54) is 25.9 Å². The number of aryl methyl sites for hydroxylation is 1. The summed E-state index contributed by atoms with van der Waals surface area (Å²) in [6, 6.07) is 5.94. The van der Waals surface area contributed by atoms with Crippen LogP contribution in [0.2, 0.25) is 0 Å². The van der Waals surface area contributed by atoms with E-state index in [1.807, 2.05) is 13.1 Å². The van der Waals surface area contributed by atoms with Crippen molar-refractivity contribution in [3.05, 3.63) is 29.5 Å². The summed E-state index contributed by atoms with van der Waals surface area (Å²) in [4.78, 5) is 14.1. The quantitative estimate of drug-likeness (QED) is 0.659. The first-order valence-electron chi connectivity index (χ1n) is 8.77. The number of rotatable bonds is 5. The zero-order chi connectivity index (χ0) is 16.7. The standard InChI is InChI=1S/C18H24N4O2.Li.H/c1-21-16-4-2-3-13(18(23)24)17(16)14(20-21)5-8-19-15-11-22-9-6-12(15)7-10-22;;/h2-4,12,15,19H,5-11H2,1H3,(H,23,24);;/q;+1;-1. The van der Waals surface area contributed by atoms with E-state index in [9.17, 15) is 9.90 Å². The molecule has 0 spiro atoms. The van der Waals surface area contributed by atoms with E-state index in [0.717, 1.165) is 42.0 Å². The van der Waals surface area contributed by atoms with Crippen molar-refractivity contribution in [3.8, 4) is 0 Å². The molecule has 1 aromatic heterocycles. The minimum Gasteiger partial charge on any atom is -1.00 e. The number of benzene rings is 1. The fourth-order valence-electron chi connectivity index (χ4n) is 4.32. The monoisotopic (exact) mass is 336 g/mol. The average Bonchev–Trinajstić information content (AvgIpc) is 2.92. The van der Waals surface area contributed by atoms with Crippen LogP contribution in [0, 0.1) is 5.92 Å². The van der Waals surface area contributed by atoms with Gasteiger partial charge in [-0.2, -0.15) is 5.10 Å². The molecule has 2 N–H and O–H groups in total. The molecule has 0 radical (unpaired) electrons. The van der Waals surface area contributed by atoms with Crippen LogP contribution < -0.4 is 24.2 Å². The van der Waals surface area contributed by atoms with Gasteiger partial charge in [-0.15, -0.1) is 0 Å². The Balaban J connectivity index is 0.00000121. The van der Waals surface area contributed by atoms with Crippen molar-refractivity contribution in [3.63, 3.8) is 0 Å². The third kappa shape index (κ3) is 3.49. The molecule has 2 bridgehead atoms. The van der Waals surface area contributed by atoms with Gasteiger partial charge in [0.15, 0.2) is 0 Å². The number of carboxylic acid groups (broad SMARTS) is 1. The molecule has 3 aliphatic heterocycles. The van der Waals surface area contributed by atoms with Crippen molar-refractivity contribution >= 4 is 16.9 Å². The summed E-state index contributed by atoms with van der Waals surface area (Å²) >= 11 is 0. The Bertz CT molecular complexity index is 774. The molecule has 3 saturated heterocycles. The topological polar surface area (TPSA) is 70.4 Å². The zero-order valence-electron chi connectivity index (χ0n) is 16.0. The maximum absolute atomic E-state index is 11.5. The van der Waals surface area contributed by atoms with Gasteiger partial charge >= 0.3 is 24.8 Å². The van der Waals surface area contributed by atoms with Crippen LogP contribution in [0.5, 0.6) is 0 Å². The average molecular weight is 336 g/mol. The van der Waals surface area contributed by atoms with Crippen molar-refractivity contribution in [2.24, 2.45) is 13.0 Å². The van der Waals surface area contributed by atoms with Gasteiger partial charge < -0.3 is 16.7 Å². The predicted octanol–water partition coefficient (Wildman–Crippen LogP) is -1.39. The van der Waals surface area contributed by atoms with Gasteiger partial charge in [-0.3, -0.25) is 4.68 Å². The van der Waals surface area contributed by atoms with E-state index >= 15 is 0 Å². The molecule has 3 fully saturated rings. The summed E-state index contributed by atoms with van der Waals surface area (Å²) in [6.45, 7) is 4.48. The maximum Gasteiger partial charge on any atom is 1.00 e. The van der Waals surface area contributed by atoms with Crippen LogP contribution in [0.25, 0.3) is 10.9 Å². The minimum absolute atomic E-state index is 0. The molecule has 7 heteroatoms. The number of nitrogens with zero attached hydrogens (tertiary/aromatic N) is 3. The molecular weight excluding hydrogens is 311 g/mol. The van der Waals surface area contributed by atoms with Crippen LogP contribution in [0.1, 0.15) is 30.3 Å². The van der Waals surface area contributed by atoms with Crippen molar-refractivity contribution < 1.29 is 30.2 Å². The second-order valence-electron chi connectivity index (χ2n) is 7.02. The van der Waals surface area contributed by atoms with Crippen molar-refractivity contribution in [2.45, 2.75) is 25.3 Å². The fourth-order valence-corrected chi connectivity index (χ4v) is 4.32. The molecule has 25 heavy (non-hydrogen) atoms. The smallest absolute Gasteiger partial charge is 1.00 e. The van der Waals surface area contributed by atoms with Gasteiger partial charge in [0.25, 0.3) is 0 Å². The molecule has 0 amide bonds. The van der Waals surface area contributed by atoms with Crippen molar-refractivity contribution in [2.75, 3.05) is 26.2 Å². The van der Waals surface area contributed by atoms with E-state index in [1.54, 1.807) is 16.8 Å².